The van der Waals surface area contributed by atoms with Crippen molar-refractivity contribution in [1.29, 1.82) is 0 Å². The van der Waals surface area contributed by atoms with Crippen molar-refractivity contribution in [3.05, 3.63) is 42.5 Å². The van der Waals surface area contributed by atoms with Crippen molar-refractivity contribution in [1.82, 2.24) is 10.0 Å². The van der Waals surface area contributed by atoms with Crippen LogP contribution in [0.1, 0.15) is 5.56 Å². The summed E-state index contributed by atoms with van der Waals surface area (Å²) < 4.78 is 26.0. The number of benzene rings is 1. The summed E-state index contributed by atoms with van der Waals surface area (Å²) in [5, 5.41) is 2.75. The van der Waals surface area contributed by atoms with Crippen molar-refractivity contribution < 1.29 is 8.42 Å². The molecule has 0 heterocycles. The Labute approximate surface area is 107 Å². The molecule has 0 bridgehead atoms. The lowest BCUT2D eigenvalue weighted by Crippen LogP contribution is -2.39. The van der Waals surface area contributed by atoms with Crippen LogP contribution in [0.3, 0.4) is 0 Å². The Kier molecular flexibility index (Phi) is 4.65. The lowest BCUT2D eigenvalue weighted by Gasteiger charge is -2.09. The molecule has 0 radical (unpaired) electrons. The second kappa shape index (κ2) is 5.79. The molecule has 2 N–H and O–H groups in total. The van der Waals surface area contributed by atoms with Crippen LogP contribution in [-0.4, -0.2) is 20.1 Å². The van der Waals surface area contributed by atoms with Gasteiger partial charge in [-0.3, -0.25) is 4.72 Å². The molecule has 6 heteroatoms. The Bertz CT molecular complexity index is 507. The fourth-order valence-electron chi connectivity index (χ4n) is 1.10. The zero-order chi connectivity index (χ0) is 12.9. The number of nitrogens with one attached hydrogen (secondary N) is 2. The van der Waals surface area contributed by atoms with Crippen molar-refractivity contribution >= 4 is 27.4 Å². The summed E-state index contributed by atoms with van der Waals surface area (Å²) in [7, 11) is -3.59. The minimum atomic E-state index is -3.59. The van der Waals surface area contributed by atoms with Crippen LogP contribution >= 0.6 is 12.2 Å². The molecule has 92 valence electrons. The van der Waals surface area contributed by atoms with Crippen LogP contribution < -0.4 is 10.0 Å². The normalized spacial score (nSPS) is 10.6. The van der Waals surface area contributed by atoms with Gasteiger partial charge < -0.3 is 5.32 Å². The van der Waals surface area contributed by atoms with Crippen LogP contribution in [0.4, 0.5) is 0 Å². The van der Waals surface area contributed by atoms with Gasteiger partial charge in [-0.15, -0.1) is 6.58 Å². The van der Waals surface area contributed by atoms with E-state index in [-0.39, 0.29) is 10.0 Å². The summed E-state index contributed by atoms with van der Waals surface area (Å²) in [5.74, 6) is 0. The van der Waals surface area contributed by atoms with Gasteiger partial charge in [0, 0.05) is 6.54 Å². The summed E-state index contributed by atoms with van der Waals surface area (Å²) in [5.41, 5.74) is 0.997. The van der Waals surface area contributed by atoms with E-state index in [2.05, 4.69) is 16.6 Å². The van der Waals surface area contributed by atoms with Crippen LogP contribution in [0.2, 0.25) is 0 Å². The molecule has 0 spiro atoms. The van der Waals surface area contributed by atoms with Crippen LogP contribution in [0.5, 0.6) is 0 Å². The maximum Gasteiger partial charge on any atom is 0.263 e. The molecule has 1 aromatic carbocycles. The van der Waals surface area contributed by atoms with Gasteiger partial charge in [0.15, 0.2) is 5.11 Å². The van der Waals surface area contributed by atoms with Crippen molar-refractivity contribution in [2.75, 3.05) is 6.54 Å². The van der Waals surface area contributed by atoms with Crippen molar-refractivity contribution in [3.63, 3.8) is 0 Å². The summed E-state index contributed by atoms with van der Waals surface area (Å²) in [6, 6.07) is 6.53. The summed E-state index contributed by atoms with van der Waals surface area (Å²) in [6.45, 7) is 5.80. The van der Waals surface area contributed by atoms with Crippen LogP contribution in [-0.2, 0) is 10.0 Å². The van der Waals surface area contributed by atoms with E-state index in [0.29, 0.717) is 6.54 Å². The van der Waals surface area contributed by atoms with Gasteiger partial charge in [-0.2, -0.15) is 0 Å². The van der Waals surface area contributed by atoms with Crippen molar-refractivity contribution in [2.24, 2.45) is 0 Å². The lowest BCUT2D eigenvalue weighted by molar-refractivity contribution is 0.592. The average Bonchev–Trinajstić information content (AvgIpc) is 2.26. The van der Waals surface area contributed by atoms with E-state index in [1.165, 1.54) is 12.1 Å². The first-order valence-electron chi connectivity index (χ1n) is 4.94. The fraction of sp³-hybridized carbons (Fsp3) is 0.182. The van der Waals surface area contributed by atoms with E-state index in [9.17, 15) is 8.42 Å². The molecular weight excluding hydrogens is 256 g/mol. The highest BCUT2D eigenvalue weighted by atomic mass is 32.2. The highest BCUT2D eigenvalue weighted by molar-refractivity contribution is 7.91. The van der Waals surface area contributed by atoms with Gasteiger partial charge in [0.2, 0.25) is 0 Å². The highest BCUT2D eigenvalue weighted by Gasteiger charge is 2.14. The van der Waals surface area contributed by atoms with Gasteiger partial charge in [0.1, 0.15) is 0 Å². The van der Waals surface area contributed by atoms with E-state index < -0.39 is 10.0 Å². The highest BCUT2D eigenvalue weighted by Crippen LogP contribution is 2.09. The van der Waals surface area contributed by atoms with Crippen LogP contribution in [0, 0.1) is 6.92 Å². The first kappa shape index (κ1) is 13.7. The Hall–Kier alpha value is -1.40. The van der Waals surface area contributed by atoms with E-state index in [4.69, 9.17) is 12.2 Å². The molecule has 0 aromatic heterocycles. The molecular formula is C11H14N2O2S2. The second-order valence-corrected chi connectivity index (χ2v) is 5.51. The van der Waals surface area contributed by atoms with Crippen LogP contribution in [0.15, 0.2) is 41.8 Å². The van der Waals surface area contributed by atoms with Crippen molar-refractivity contribution in [3.8, 4) is 0 Å². The van der Waals surface area contributed by atoms with Gasteiger partial charge in [0.25, 0.3) is 10.0 Å². The van der Waals surface area contributed by atoms with E-state index >= 15 is 0 Å². The van der Waals surface area contributed by atoms with E-state index in [1.807, 2.05) is 6.92 Å². The number of aryl methyl sites for hydroxylation is 1. The summed E-state index contributed by atoms with van der Waals surface area (Å²) in [4.78, 5) is 0.186. The number of hydrogen-bond donors (Lipinski definition) is 2. The molecule has 1 rings (SSSR count). The third-order valence-electron chi connectivity index (χ3n) is 1.97. The Balaban J connectivity index is 2.78. The third kappa shape index (κ3) is 4.16. The third-order valence-corrected chi connectivity index (χ3v) is 3.71. The first-order chi connectivity index (χ1) is 7.95. The maximum absolute atomic E-state index is 11.9. The monoisotopic (exact) mass is 270 g/mol. The average molecular weight is 270 g/mol. The minimum absolute atomic E-state index is 0.0606. The first-order valence-corrected chi connectivity index (χ1v) is 6.83. The number of hydrogen-bond acceptors (Lipinski definition) is 3. The zero-order valence-electron chi connectivity index (χ0n) is 9.43. The molecule has 0 saturated carbocycles. The van der Waals surface area contributed by atoms with Gasteiger partial charge in [0.05, 0.1) is 4.90 Å². The predicted octanol–water partition coefficient (Wildman–Crippen LogP) is 1.33. The SMILES string of the molecule is C=CCNC(=S)NS(=O)(=O)c1ccc(C)cc1. The molecule has 1 aromatic rings. The topological polar surface area (TPSA) is 58.2 Å². The van der Waals surface area contributed by atoms with E-state index in [1.54, 1.807) is 18.2 Å². The van der Waals surface area contributed by atoms with Gasteiger partial charge >= 0.3 is 0 Å². The largest absolute Gasteiger partial charge is 0.358 e. The number of rotatable bonds is 4. The van der Waals surface area contributed by atoms with Gasteiger partial charge in [-0.05, 0) is 31.3 Å². The predicted molar refractivity (Wildman–Crippen MR) is 72.3 cm³/mol. The smallest absolute Gasteiger partial charge is 0.263 e. The molecule has 0 fully saturated rings. The molecule has 0 unspecified atom stereocenters. The molecule has 0 amide bonds. The molecule has 17 heavy (non-hydrogen) atoms. The summed E-state index contributed by atoms with van der Waals surface area (Å²) >= 11 is 4.84. The minimum Gasteiger partial charge on any atom is -0.358 e. The molecule has 0 saturated heterocycles. The Morgan fingerprint density at radius 3 is 2.53 bits per heavy atom. The number of sulfonamides is 1. The standard InChI is InChI=1S/C11H14N2O2S2/c1-3-8-12-11(16)13-17(14,15)10-6-4-9(2)5-7-10/h3-7H,1,8H2,2H3,(H2,12,13,16). The maximum atomic E-state index is 11.9. The van der Waals surface area contributed by atoms with Gasteiger partial charge in [-0.25, -0.2) is 8.42 Å². The molecule has 0 aliphatic rings. The van der Waals surface area contributed by atoms with Crippen LogP contribution in [0.25, 0.3) is 0 Å². The molecule has 0 aliphatic carbocycles. The van der Waals surface area contributed by atoms with Gasteiger partial charge in [-0.1, -0.05) is 23.8 Å². The molecule has 4 nitrogen and oxygen atoms in total. The Morgan fingerprint density at radius 1 is 1.41 bits per heavy atom. The molecule has 0 aliphatic heterocycles. The second-order valence-electron chi connectivity index (χ2n) is 3.42. The number of thiocarbonyl (C=S) groups is 1. The Morgan fingerprint density at radius 2 is 2.00 bits per heavy atom. The van der Waals surface area contributed by atoms with E-state index in [0.717, 1.165) is 5.56 Å². The quantitative estimate of drug-likeness (QED) is 0.640. The molecule has 0 atom stereocenters. The lowest BCUT2D eigenvalue weighted by atomic mass is 10.2. The summed E-state index contributed by atoms with van der Waals surface area (Å²) in [6.07, 6.45) is 1.59. The van der Waals surface area contributed by atoms with Crippen molar-refractivity contribution in [2.45, 2.75) is 11.8 Å². The fourth-order valence-corrected chi connectivity index (χ4v) is 2.44. The zero-order valence-corrected chi connectivity index (χ0v) is 11.1.